The second kappa shape index (κ2) is 3.45. The Balaban J connectivity index is 2.18. The van der Waals surface area contributed by atoms with E-state index in [1.165, 1.54) is 19.3 Å². The van der Waals surface area contributed by atoms with Crippen molar-refractivity contribution in [3.63, 3.8) is 0 Å². The number of rotatable bonds is 2. The quantitative estimate of drug-likeness (QED) is 0.634. The van der Waals surface area contributed by atoms with Crippen molar-refractivity contribution in [3.05, 3.63) is 0 Å². The normalized spacial score (nSPS) is 37.1. The lowest BCUT2D eigenvalue weighted by Gasteiger charge is -2.59. The topological polar surface area (TPSA) is 58.7 Å². The van der Waals surface area contributed by atoms with Crippen LogP contribution in [0.15, 0.2) is 0 Å². The number of hydrogen-bond acceptors (Lipinski definition) is 4. The van der Waals surface area contributed by atoms with E-state index in [1.807, 2.05) is 0 Å². The van der Waals surface area contributed by atoms with Gasteiger partial charge in [0.1, 0.15) is 0 Å². The van der Waals surface area contributed by atoms with E-state index in [1.54, 1.807) is 0 Å². The van der Waals surface area contributed by atoms with Crippen LogP contribution in [-0.2, 0) is 4.74 Å². The van der Waals surface area contributed by atoms with Gasteiger partial charge in [-0.05, 0) is 26.3 Å². The molecule has 1 aliphatic heterocycles. The van der Waals surface area contributed by atoms with Crippen molar-refractivity contribution in [2.24, 2.45) is 5.73 Å². The Hall–Kier alpha value is -0.160. The molecule has 14 heavy (non-hydrogen) atoms. The molecule has 1 spiro atoms. The first-order valence-corrected chi connectivity index (χ1v) is 5.32. The van der Waals surface area contributed by atoms with Crippen LogP contribution in [0.4, 0.5) is 0 Å². The predicted molar refractivity (Wildman–Crippen MR) is 54.0 cm³/mol. The zero-order chi connectivity index (χ0) is 10.2. The maximum Gasteiger partial charge on any atom is 0.0802 e. The molecule has 0 radical (unpaired) electrons. The number of aliphatic hydroxyl groups excluding tert-OH is 1. The molecule has 1 saturated carbocycles. The second-order valence-corrected chi connectivity index (χ2v) is 4.72. The molecule has 0 aromatic heterocycles. The van der Waals surface area contributed by atoms with Crippen molar-refractivity contribution in [2.75, 3.05) is 33.4 Å². The van der Waals surface area contributed by atoms with Crippen LogP contribution in [0, 0.1) is 0 Å². The van der Waals surface area contributed by atoms with Gasteiger partial charge in [-0.15, -0.1) is 0 Å². The van der Waals surface area contributed by atoms with Crippen LogP contribution in [0.2, 0.25) is 0 Å². The first-order valence-electron chi connectivity index (χ1n) is 5.32. The molecule has 2 rings (SSSR count). The molecule has 4 heteroatoms. The van der Waals surface area contributed by atoms with E-state index in [-0.39, 0.29) is 17.7 Å². The SMILES string of the molecule is CN1C2(CCC2)COC[C@@]1(CN)CO. The van der Waals surface area contributed by atoms with Crippen LogP contribution in [0.25, 0.3) is 0 Å². The molecule has 1 aliphatic carbocycles. The van der Waals surface area contributed by atoms with Gasteiger partial charge in [-0.25, -0.2) is 0 Å². The minimum Gasteiger partial charge on any atom is -0.394 e. The van der Waals surface area contributed by atoms with E-state index in [9.17, 15) is 5.11 Å². The summed E-state index contributed by atoms with van der Waals surface area (Å²) in [5, 5.41) is 9.46. The van der Waals surface area contributed by atoms with Gasteiger partial charge in [0.05, 0.1) is 25.4 Å². The summed E-state index contributed by atoms with van der Waals surface area (Å²) >= 11 is 0. The Morgan fingerprint density at radius 1 is 1.43 bits per heavy atom. The summed E-state index contributed by atoms with van der Waals surface area (Å²) in [6, 6.07) is 0. The molecular formula is C10H20N2O2. The maximum absolute atomic E-state index is 9.46. The first kappa shape index (κ1) is 10.4. The Morgan fingerprint density at radius 2 is 2.14 bits per heavy atom. The average Bonchev–Trinajstić information content (AvgIpc) is 2.16. The Kier molecular flexibility index (Phi) is 2.55. The maximum atomic E-state index is 9.46. The molecule has 1 heterocycles. The van der Waals surface area contributed by atoms with Crippen molar-refractivity contribution < 1.29 is 9.84 Å². The highest BCUT2D eigenvalue weighted by atomic mass is 16.5. The molecule has 4 nitrogen and oxygen atoms in total. The highest BCUT2D eigenvalue weighted by Crippen LogP contribution is 2.43. The Bertz CT molecular complexity index is 212. The van der Waals surface area contributed by atoms with Crippen molar-refractivity contribution in [1.82, 2.24) is 4.90 Å². The number of aliphatic hydroxyl groups is 1. The summed E-state index contributed by atoms with van der Waals surface area (Å²) in [6.07, 6.45) is 3.61. The Morgan fingerprint density at radius 3 is 2.57 bits per heavy atom. The molecule has 2 fully saturated rings. The van der Waals surface area contributed by atoms with Gasteiger partial charge in [0.15, 0.2) is 0 Å². The van der Waals surface area contributed by atoms with Crippen LogP contribution < -0.4 is 5.73 Å². The lowest BCUT2D eigenvalue weighted by molar-refractivity contribution is -0.177. The van der Waals surface area contributed by atoms with E-state index in [0.29, 0.717) is 13.2 Å². The molecule has 0 aromatic rings. The average molecular weight is 200 g/mol. The fraction of sp³-hybridized carbons (Fsp3) is 1.00. The summed E-state index contributed by atoms with van der Waals surface area (Å²) in [4.78, 5) is 2.27. The van der Waals surface area contributed by atoms with Crippen LogP contribution in [0.5, 0.6) is 0 Å². The van der Waals surface area contributed by atoms with E-state index in [4.69, 9.17) is 10.5 Å². The fourth-order valence-electron chi connectivity index (χ4n) is 2.60. The van der Waals surface area contributed by atoms with Gasteiger partial charge in [-0.3, -0.25) is 4.90 Å². The molecule has 3 N–H and O–H groups in total. The summed E-state index contributed by atoms with van der Waals surface area (Å²) in [5.41, 5.74) is 5.58. The van der Waals surface area contributed by atoms with Gasteiger partial charge in [0, 0.05) is 12.1 Å². The van der Waals surface area contributed by atoms with E-state index >= 15 is 0 Å². The van der Waals surface area contributed by atoms with Crippen LogP contribution in [0.1, 0.15) is 19.3 Å². The summed E-state index contributed by atoms with van der Waals surface area (Å²) in [7, 11) is 2.07. The molecule has 1 saturated heterocycles. The van der Waals surface area contributed by atoms with E-state index in [2.05, 4.69) is 11.9 Å². The Labute approximate surface area is 85.0 Å². The molecule has 0 aromatic carbocycles. The molecule has 1 atom stereocenters. The fourth-order valence-corrected chi connectivity index (χ4v) is 2.60. The first-order chi connectivity index (χ1) is 6.69. The number of nitrogens with two attached hydrogens (primary N) is 1. The van der Waals surface area contributed by atoms with Crippen molar-refractivity contribution in [2.45, 2.75) is 30.3 Å². The van der Waals surface area contributed by atoms with Gasteiger partial charge in [0.2, 0.25) is 0 Å². The zero-order valence-corrected chi connectivity index (χ0v) is 8.83. The third-order valence-corrected chi connectivity index (χ3v) is 4.12. The smallest absolute Gasteiger partial charge is 0.0802 e. The lowest BCUT2D eigenvalue weighted by Crippen LogP contribution is -2.72. The molecule has 82 valence electrons. The number of likely N-dealkylation sites (N-methyl/N-ethyl adjacent to an activating group) is 1. The number of nitrogens with zero attached hydrogens (tertiary/aromatic N) is 1. The lowest BCUT2D eigenvalue weighted by atomic mass is 9.72. The summed E-state index contributed by atoms with van der Waals surface area (Å²) in [5.74, 6) is 0. The van der Waals surface area contributed by atoms with E-state index in [0.717, 1.165) is 6.61 Å². The van der Waals surface area contributed by atoms with Gasteiger partial charge in [-0.2, -0.15) is 0 Å². The summed E-state index contributed by atoms with van der Waals surface area (Å²) < 4.78 is 5.61. The zero-order valence-electron chi connectivity index (χ0n) is 8.83. The monoisotopic (exact) mass is 200 g/mol. The van der Waals surface area contributed by atoms with Gasteiger partial charge in [-0.1, -0.05) is 0 Å². The molecular weight excluding hydrogens is 180 g/mol. The summed E-state index contributed by atoms with van der Waals surface area (Å²) in [6.45, 7) is 1.90. The third kappa shape index (κ3) is 1.21. The van der Waals surface area contributed by atoms with Gasteiger partial charge < -0.3 is 15.6 Å². The van der Waals surface area contributed by atoms with Crippen LogP contribution in [-0.4, -0.2) is 54.5 Å². The van der Waals surface area contributed by atoms with Gasteiger partial charge in [0.25, 0.3) is 0 Å². The van der Waals surface area contributed by atoms with Crippen molar-refractivity contribution in [1.29, 1.82) is 0 Å². The second-order valence-electron chi connectivity index (χ2n) is 4.72. The minimum atomic E-state index is -0.349. The molecule has 0 unspecified atom stereocenters. The number of morpholine rings is 1. The molecule has 2 aliphatic rings. The van der Waals surface area contributed by atoms with Crippen molar-refractivity contribution >= 4 is 0 Å². The van der Waals surface area contributed by atoms with Crippen LogP contribution >= 0.6 is 0 Å². The standard InChI is InChI=1S/C10H20N2O2/c1-12-9(3-2-4-9)7-14-8-10(12,5-11)6-13/h13H,2-8,11H2,1H3/t10-/m1/s1. The number of ether oxygens (including phenoxy) is 1. The highest BCUT2D eigenvalue weighted by Gasteiger charge is 2.52. The third-order valence-electron chi connectivity index (χ3n) is 4.12. The molecule has 0 bridgehead atoms. The van der Waals surface area contributed by atoms with Crippen LogP contribution in [0.3, 0.4) is 0 Å². The largest absolute Gasteiger partial charge is 0.394 e. The minimum absolute atomic E-state index is 0.0851. The predicted octanol–water partition coefficient (Wildman–Crippen LogP) is -0.439. The molecule has 0 amide bonds. The number of hydrogen-bond donors (Lipinski definition) is 2. The van der Waals surface area contributed by atoms with Gasteiger partial charge >= 0.3 is 0 Å². The highest BCUT2D eigenvalue weighted by molar-refractivity contribution is 5.07. The van der Waals surface area contributed by atoms with Crippen molar-refractivity contribution in [3.8, 4) is 0 Å². The van der Waals surface area contributed by atoms with E-state index < -0.39 is 0 Å².